The number of hydrogen-bond donors (Lipinski definition) is 4. The van der Waals surface area contributed by atoms with E-state index in [1.54, 1.807) is 0 Å². The van der Waals surface area contributed by atoms with Crippen LogP contribution in [0.25, 0.3) is 0 Å². The maximum atomic E-state index is 11.3. The lowest BCUT2D eigenvalue weighted by atomic mass is 10.2. The average Bonchev–Trinajstić information content (AvgIpc) is 2.77. The summed E-state index contributed by atoms with van der Waals surface area (Å²) >= 11 is 0. The predicted molar refractivity (Wildman–Crippen MR) is 55.6 cm³/mol. The molecule has 9 heteroatoms. The highest BCUT2D eigenvalue weighted by atomic mass is 16.5. The Morgan fingerprint density at radius 2 is 2.11 bits per heavy atom. The van der Waals surface area contributed by atoms with Crippen LogP contribution < -0.4 is 10.6 Å². The van der Waals surface area contributed by atoms with Crippen molar-refractivity contribution in [3.05, 3.63) is 18.0 Å². The van der Waals surface area contributed by atoms with Gasteiger partial charge in [0, 0.05) is 6.07 Å². The van der Waals surface area contributed by atoms with Crippen molar-refractivity contribution in [1.82, 2.24) is 15.8 Å². The molecule has 2 amide bonds. The molecule has 1 aromatic rings. The Labute approximate surface area is 101 Å². The molecule has 0 aliphatic carbocycles. The molecule has 0 radical (unpaired) electrons. The third kappa shape index (κ3) is 4.51. The fourth-order valence-corrected chi connectivity index (χ4v) is 1.08. The molecule has 0 saturated carbocycles. The Hall–Kier alpha value is -2.58. The van der Waals surface area contributed by atoms with Crippen molar-refractivity contribution < 1.29 is 29.1 Å². The minimum absolute atomic E-state index is 0.0191. The van der Waals surface area contributed by atoms with E-state index in [0.29, 0.717) is 5.76 Å². The van der Waals surface area contributed by atoms with Gasteiger partial charge in [0.15, 0.2) is 5.76 Å². The largest absolute Gasteiger partial charge is 0.481 e. The van der Waals surface area contributed by atoms with Crippen molar-refractivity contribution in [3.8, 4) is 0 Å². The van der Waals surface area contributed by atoms with Gasteiger partial charge in [-0.05, 0) is 0 Å². The fraction of sp³-hybridized carbons (Fsp3) is 0.333. The normalized spacial score (nSPS) is 11.6. The van der Waals surface area contributed by atoms with Gasteiger partial charge in [-0.1, -0.05) is 5.16 Å². The van der Waals surface area contributed by atoms with Gasteiger partial charge in [0.2, 0.25) is 0 Å². The van der Waals surface area contributed by atoms with Crippen LogP contribution in [0.3, 0.4) is 0 Å². The van der Waals surface area contributed by atoms with Crippen molar-refractivity contribution in [2.45, 2.75) is 19.0 Å². The van der Waals surface area contributed by atoms with Gasteiger partial charge < -0.3 is 25.4 Å². The van der Waals surface area contributed by atoms with Crippen molar-refractivity contribution in [2.75, 3.05) is 0 Å². The maximum Gasteiger partial charge on any atom is 0.326 e. The SMILES string of the molecule is O=C(O)CC(NC(=O)NCc1ccno1)C(=O)O. The van der Waals surface area contributed by atoms with Crippen LogP contribution in [0.5, 0.6) is 0 Å². The zero-order valence-electron chi connectivity index (χ0n) is 9.12. The van der Waals surface area contributed by atoms with Gasteiger partial charge in [0.25, 0.3) is 0 Å². The Balaban J connectivity index is 2.41. The molecular formula is C9H11N3O6. The van der Waals surface area contributed by atoms with E-state index in [1.807, 2.05) is 5.32 Å². The second-order valence-corrected chi connectivity index (χ2v) is 3.29. The summed E-state index contributed by atoms with van der Waals surface area (Å²) in [5.41, 5.74) is 0. The molecule has 0 bridgehead atoms. The number of carboxylic acids is 2. The number of carboxylic acid groups (broad SMARTS) is 2. The Bertz CT molecular complexity index is 430. The van der Waals surface area contributed by atoms with E-state index in [0.717, 1.165) is 0 Å². The van der Waals surface area contributed by atoms with Crippen LogP contribution in [-0.4, -0.2) is 39.4 Å². The first kappa shape index (κ1) is 13.5. The molecular weight excluding hydrogens is 246 g/mol. The number of aromatic nitrogens is 1. The number of aliphatic carboxylic acids is 2. The summed E-state index contributed by atoms with van der Waals surface area (Å²) < 4.78 is 4.70. The van der Waals surface area contributed by atoms with Crippen molar-refractivity contribution in [2.24, 2.45) is 0 Å². The first-order chi connectivity index (χ1) is 8.49. The molecule has 1 rings (SSSR count). The summed E-state index contributed by atoms with van der Waals surface area (Å²) in [6.45, 7) is 0.0191. The first-order valence-corrected chi connectivity index (χ1v) is 4.87. The standard InChI is InChI=1S/C9H11N3O6/c13-7(14)3-6(8(15)16)12-9(17)10-4-5-1-2-11-18-5/h1-2,6H,3-4H2,(H,13,14)(H,15,16)(H2,10,12,17). The van der Waals surface area contributed by atoms with Gasteiger partial charge in [-0.3, -0.25) is 4.79 Å². The van der Waals surface area contributed by atoms with Crippen LogP contribution in [-0.2, 0) is 16.1 Å². The van der Waals surface area contributed by atoms with Crippen molar-refractivity contribution in [3.63, 3.8) is 0 Å². The highest BCUT2D eigenvalue weighted by Crippen LogP contribution is 1.96. The third-order valence-corrected chi connectivity index (χ3v) is 1.90. The van der Waals surface area contributed by atoms with Crippen LogP contribution in [0.15, 0.2) is 16.8 Å². The minimum atomic E-state index is -1.49. The predicted octanol–water partition coefficient (Wildman–Crippen LogP) is -0.598. The fourth-order valence-electron chi connectivity index (χ4n) is 1.08. The number of rotatable bonds is 6. The quantitative estimate of drug-likeness (QED) is 0.533. The zero-order chi connectivity index (χ0) is 13.5. The summed E-state index contributed by atoms with van der Waals surface area (Å²) in [6, 6.07) is -0.774. The van der Waals surface area contributed by atoms with E-state index in [4.69, 9.17) is 14.7 Å². The van der Waals surface area contributed by atoms with Gasteiger partial charge in [-0.25, -0.2) is 9.59 Å². The highest BCUT2D eigenvalue weighted by molar-refractivity contribution is 5.86. The number of nitrogens with zero attached hydrogens (tertiary/aromatic N) is 1. The summed E-state index contributed by atoms with van der Waals surface area (Å²) in [6.07, 6.45) is 0.685. The van der Waals surface area contributed by atoms with Crippen LogP contribution in [0.4, 0.5) is 4.79 Å². The Morgan fingerprint density at radius 1 is 1.39 bits per heavy atom. The lowest BCUT2D eigenvalue weighted by Crippen LogP contribution is -2.46. The maximum absolute atomic E-state index is 11.3. The number of carbonyl (C=O) groups excluding carboxylic acids is 1. The van der Waals surface area contributed by atoms with Crippen LogP contribution in [0.2, 0.25) is 0 Å². The van der Waals surface area contributed by atoms with Gasteiger partial charge in [0.1, 0.15) is 6.04 Å². The third-order valence-electron chi connectivity index (χ3n) is 1.90. The Morgan fingerprint density at radius 3 is 2.61 bits per heavy atom. The van der Waals surface area contributed by atoms with Crippen LogP contribution >= 0.6 is 0 Å². The topological polar surface area (TPSA) is 142 Å². The molecule has 0 aliphatic rings. The smallest absolute Gasteiger partial charge is 0.326 e. The monoisotopic (exact) mass is 257 g/mol. The number of carbonyl (C=O) groups is 3. The van der Waals surface area contributed by atoms with E-state index in [1.165, 1.54) is 12.3 Å². The highest BCUT2D eigenvalue weighted by Gasteiger charge is 2.22. The van der Waals surface area contributed by atoms with Gasteiger partial charge in [-0.15, -0.1) is 0 Å². The average molecular weight is 257 g/mol. The zero-order valence-corrected chi connectivity index (χ0v) is 9.12. The molecule has 0 saturated heterocycles. The van der Waals surface area contributed by atoms with E-state index < -0.39 is 30.4 Å². The molecule has 0 aromatic carbocycles. The van der Waals surface area contributed by atoms with E-state index in [9.17, 15) is 14.4 Å². The molecule has 9 nitrogen and oxygen atoms in total. The molecule has 98 valence electrons. The molecule has 1 aromatic heterocycles. The second-order valence-electron chi connectivity index (χ2n) is 3.29. The summed E-state index contributed by atoms with van der Waals surface area (Å²) in [4.78, 5) is 32.3. The van der Waals surface area contributed by atoms with Crippen LogP contribution in [0.1, 0.15) is 12.2 Å². The molecule has 0 fully saturated rings. The Kier molecular flexibility index (Phi) is 4.67. The van der Waals surface area contributed by atoms with Gasteiger partial charge in [0.05, 0.1) is 19.2 Å². The molecule has 4 N–H and O–H groups in total. The van der Waals surface area contributed by atoms with Crippen LogP contribution in [0, 0.1) is 0 Å². The first-order valence-electron chi connectivity index (χ1n) is 4.87. The number of amides is 2. The number of nitrogens with one attached hydrogen (secondary N) is 2. The van der Waals surface area contributed by atoms with Gasteiger partial charge in [-0.2, -0.15) is 0 Å². The number of hydrogen-bond acceptors (Lipinski definition) is 5. The lowest BCUT2D eigenvalue weighted by Gasteiger charge is -2.12. The van der Waals surface area contributed by atoms with E-state index in [-0.39, 0.29) is 6.54 Å². The lowest BCUT2D eigenvalue weighted by molar-refractivity contribution is -0.145. The summed E-state index contributed by atoms with van der Waals surface area (Å²) in [5, 5.41) is 24.9. The van der Waals surface area contributed by atoms with Crippen molar-refractivity contribution >= 4 is 18.0 Å². The second kappa shape index (κ2) is 6.23. The molecule has 1 heterocycles. The molecule has 0 spiro atoms. The molecule has 0 aliphatic heterocycles. The summed E-state index contributed by atoms with van der Waals surface area (Å²) in [5.74, 6) is -2.36. The van der Waals surface area contributed by atoms with Crippen molar-refractivity contribution in [1.29, 1.82) is 0 Å². The number of urea groups is 1. The molecule has 1 atom stereocenters. The summed E-state index contributed by atoms with van der Waals surface area (Å²) in [7, 11) is 0. The van der Waals surface area contributed by atoms with Gasteiger partial charge >= 0.3 is 18.0 Å². The minimum Gasteiger partial charge on any atom is -0.481 e. The molecule has 18 heavy (non-hydrogen) atoms. The molecule has 1 unspecified atom stereocenters. The van der Waals surface area contributed by atoms with E-state index >= 15 is 0 Å². The van der Waals surface area contributed by atoms with E-state index in [2.05, 4.69) is 10.5 Å².